The van der Waals surface area contributed by atoms with Crippen LogP contribution in [0.1, 0.15) is 5.56 Å². The highest BCUT2D eigenvalue weighted by Crippen LogP contribution is 2.18. The average molecular weight is 253 g/mol. The molecule has 0 aliphatic rings. The van der Waals surface area contributed by atoms with Crippen LogP contribution in [-0.4, -0.2) is 14.8 Å². The minimum absolute atomic E-state index is 0.644. The molecule has 14 heavy (non-hydrogen) atoms. The number of nitrogens with two attached hydrogens (primary N) is 1. The number of anilines is 1. The van der Waals surface area contributed by atoms with Crippen LogP contribution >= 0.6 is 15.9 Å². The molecule has 0 radical (unpaired) electrons. The molecule has 2 aromatic rings. The van der Waals surface area contributed by atoms with Crippen molar-refractivity contribution in [3.8, 4) is 0 Å². The average Bonchev–Trinajstić information content (AvgIpc) is 2.64. The van der Waals surface area contributed by atoms with Crippen LogP contribution in [0.3, 0.4) is 0 Å². The Labute approximate surface area is 89.9 Å². The number of hydrogen-bond acceptors (Lipinski definition) is 3. The van der Waals surface area contributed by atoms with Crippen LogP contribution in [0.4, 0.5) is 5.69 Å². The summed E-state index contributed by atoms with van der Waals surface area (Å²) in [4.78, 5) is 3.87. The topological polar surface area (TPSA) is 56.7 Å². The lowest BCUT2D eigenvalue weighted by molar-refractivity contribution is 0.686. The summed E-state index contributed by atoms with van der Waals surface area (Å²) in [5.74, 6) is 0. The number of halogens is 1. The first-order valence-electron chi connectivity index (χ1n) is 4.12. The number of rotatable bonds is 2. The standard InChI is InChI=1S/C9H9BrN4/c10-8-1-2-9(11)7(3-8)4-14-6-12-5-13-14/h1-3,5-6H,4,11H2. The van der Waals surface area contributed by atoms with Crippen molar-refractivity contribution in [2.24, 2.45) is 0 Å². The van der Waals surface area contributed by atoms with Gasteiger partial charge in [-0.15, -0.1) is 0 Å². The van der Waals surface area contributed by atoms with Gasteiger partial charge in [0.2, 0.25) is 0 Å². The zero-order valence-corrected chi connectivity index (χ0v) is 8.98. The van der Waals surface area contributed by atoms with E-state index in [-0.39, 0.29) is 0 Å². The maximum absolute atomic E-state index is 5.82. The van der Waals surface area contributed by atoms with Crippen molar-refractivity contribution in [2.45, 2.75) is 6.54 Å². The van der Waals surface area contributed by atoms with Gasteiger partial charge >= 0.3 is 0 Å². The monoisotopic (exact) mass is 252 g/mol. The molecule has 5 heteroatoms. The molecule has 0 amide bonds. The molecule has 0 bridgehead atoms. The highest BCUT2D eigenvalue weighted by molar-refractivity contribution is 9.10. The molecule has 1 heterocycles. The van der Waals surface area contributed by atoms with Gasteiger partial charge in [-0.05, 0) is 23.8 Å². The normalized spacial score (nSPS) is 10.4. The largest absolute Gasteiger partial charge is 0.398 e. The Morgan fingerprint density at radius 3 is 3.00 bits per heavy atom. The van der Waals surface area contributed by atoms with Crippen LogP contribution < -0.4 is 5.73 Å². The van der Waals surface area contributed by atoms with E-state index in [0.717, 1.165) is 15.7 Å². The first-order valence-corrected chi connectivity index (χ1v) is 4.91. The quantitative estimate of drug-likeness (QED) is 0.828. The first-order chi connectivity index (χ1) is 6.75. The van der Waals surface area contributed by atoms with Gasteiger partial charge in [-0.3, -0.25) is 0 Å². The first kappa shape index (κ1) is 9.21. The zero-order valence-electron chi connectivity index (χ0n) is 7.39. The van der Waals surface area contributed by atoms with Gasteiger partial charge in [-0.1, -0.05) is 15.9 Å². The van der Waals surface area contributed by atoms with Gasteiger partial charge in [0.15, 0.2) is 0 Å². The van der Waals surface area contributed by atoms with E-state index in [2.05, 4.69) is 26.0 Å². The highest BCUT2D eigenvalue weighted by Gasteiger charge is 2.01. The second-order valence-electron chi connectivity index (χ2n) is 2.94. The smallest absolute Gasteiger partial charge is 0.137 e. The summed E-state index contributed by atoms with van der Waals surface area (Å²) in [5.41, 5.74) is 7.62. The second-order valence-corrected chi connectivity index (χ2v) is 3.85. The van der Waals surface area contributed by atoms with Crippen molar-refractivity contribution in [1.29, 1.82) is 0 Å². The third kappa shape index (κ3) is 1.93. The highest BCUT2D eigenvalue weighted by atomic mass is 79.9. The molecule has 0 atom stereocenters. The molecule has 1 aromatic carbocycles. The fraction of sp³-hybridized carbons (Fsp3) is 0.111. The van der Waals surface area contributed by atoms with Gasteiger partial charge < -0.3 is 5.73 Å². The van der Waals surface area contributed by atoms with Crippen molar-refractivity contribution in [3.63, 3.8) is 0 Å². The molecule has 2 N–H and O–H groups in total. The summed E-state index contributed by atoms with van der Waals surface area (Å²) >= 11 is 3.40. The van der Waals surface area contributed by atoms with E-state index in [9.17, 15) is 0 Å². The minimum atomic E-state index is 0.644. The van der Waals surface area contributed by atoms with E-state index in [0.29, 0.717) is 6.54 Å². The van der Waals surface area contributed by atoms with E-state index in [1.165, 1.54) is 6.33 Å². The van der Waals surface area contributed by atoms with Crippen LogP contribution in [0.5, 0.6) is 0 Å². The molecule has 0 aliphatic carbocycles. The zero-order chi connectivity index (χ0) is 9.97. The molecule has 0 fully saturated rings. The van der Waals surface area contributed by atoms with E-state index in [1.807, 2.05) is 18.2 Å². The Morgan fingerprint density at radius 1 is 1.43 bits per heavy atom. The Kier molecular flexibility index (Phi) is 2.49. The van der Waals surface area contributed by atoms with Crippen LogP contribution in [0.15, 0.2) is 35.3 Å². The summed E-state index contributed by atoms with van der Waals surface area (Å²) in [7, 11) is 0. The molecule has 0 saturated carbocycles. The summed E-state index contributed by atoms with van der Waals surface area (Å²) in [5, 5.41) is 4.02. The Balaban J connectivity index is 2.28. The number of nitrogens with zero attached hydrogens (tertiary/aromatic N) is 3. The van der Waals surface area contributed by atoms with Gasteiger partial charge in [0, 0.05) is 10.2 Å². The fourth-order valence-electron chi connectivity index (χ4n) is 1.20. The number of aromatic nitrogens is 3. The molecule has 72 valence electrons. The maximum Gasteiger partial charge on any atom is 0.137 e. The molecule has 0 spiro atoms. The van der Waals surface area contributed by atoms with Crippen LogP contribution in [0.25, 0.3) is 0 Å². The molecular formula is C9H9BrN4. The minimum Gasteiger partial charge on any atom is -0.398 e. The molecule has 0 aliphatic heterocycles. The Morgan fingerprint density at radius 2 is 2.29 bits per heavy atom. The Bertz CT molecular complexity index is 424. The summed E-state index contributed by atoms with van der Waals surface area (Å²) in [6, 6.07) is 5.77. The number of nitrogen functional groups attached to an aromatic ring is 1. The van der Waals surface area contributed by atoms with Gasteiger partial charge in [-0.25, -0.2) is 9.67 Å². The van der Waals surface area contributed by atoms with Gasteiger partial charge in [0.25, 0.3) is 0 Å². The van der Waals surface area contributed by atoms with Gasteiger partial charge in [0.1, 0.15) is 12.7 Å². The van der Waals surface area contributed by atoms with Crippen LogP contribution in [0.2, 0.25) is 0 Å². The lowest BCUT2D eigenvalue weighted by Gasteiger charge is -2.05. The lowest BCUT2D eigenvalue weighted by atomic mass is 10.2. The lowest BCUT2D eigenvalue weighted by Crippen LogP contribution is -2.03. The van der Waals surface area contributed by atoms with Crippen molar-refractivity contribution < 1.29 is 0 Å². The number of benzene rings is 1. The molecule has 2 rings (SSSR count). The van der Waals surface area contributed by atoms with Crippen molar-refractivity contribution >= 4 is 21.6 Å². The van der Waals surface area contributed by atoms with Crippen molar-refractivity contribution in [3.05, 3.63) is 40.9 Å². The molecule has 1 aromatic heterocycles. The maximum atomic E-state index is 5.82. The van der Waals surface area contributed by atoms with E-state index < -0.39 is 0 Å². The third-order valence-corrected chi connectivity index (χ3v) is 2.40. The predicted octanol–water partition coefficient (Wildman–Crippen LogP) is 1.67. The van der Waals surface area contributed by atoms with Crippen molar-refractivity contribution in [1.82, 2.24) is 14.8 Å². The summed E-state index contributed by atoms with van der Waals surface area (Å²) in [6.07, 6.45) is 3.18. The molecular weight excluding hydrogens is 244 g/mol. The predicted molar refractivity (Wildman–Crippen MR) is 57.7 cm³/mol. The third-order valence-electron chi connectivity index (χ3n) is 1.90. The second kappa shape index (κ2) is 3.79. The summed E-state index contributed by atoms with van der Waals surface area (Å²) in [6.45, 7) is 0.644. The number of hydrogen-bond donors (Lipinski definition) is 1. The fourth-order valence-corrected chi connectivity index (χ4v) is 1.61. The van der Waals surface area contributed by atoms with Crippen molar-refractivity contribution in [2.75, 3.05) is 5.73 Å². The summed E-state index contributed by atoms with van der Waals surface area (Å²) < 4.78 is 2.75. The van der Waals surface area contributed by atoms with Crippen LogP contribution in [0, 0.1) is 0 Å². The van der Waals surface area contributed by atoms with Crippen LogP contribution in [-0.2, 0) is 6.54 Å². The molecule has 0 saturated heterocycles. The SMILES string of the molecule is Nc1ccc(Br)cc1Cn1cncn1. The van der Waals surface area contributed by atoms with Gasteiger partial charge in [-0.2, -0.15) is 5.10 Å². The molecule has 0 unspecified atom stereocenters. The Hall–Kier alpha value is -1.36. The van der Waals surface area contributed by atoms with E-state index in [4.69, 9.17) is 5.73 Å². The van der Waals surface area contributed by atoms with Gasteiger partial charge in [0.05, 0.1) is 6.54 Å². The van der Waals surface area contributed by atoms with E-state index in [1.54, 1.807) is 11.0 Å². The molecule has 4 nitrogen and oxygen atoms in total. The van der Waals surface area contributed by atoms with E-state index >= 15 is 0 Å².